The van der Waals surface area contributed by atoms with Crippen LogP contribution in [0.5, 0.6) is 0 Å². The van der Waals surface area contributed by atoms with Gasteiger partial charge in [0.2, 0.25) is 5.91 Å². The maximum atomic E-state index is 11.7. The number of hydrogen-bond acceptors (Lipinski definition) is 3. The van der Waals surface area contributed by atoms with Crippen molar-refractivity contribution < 1.29 is 9.53 Å². The van der Waals surface area contributed by atoms with E-state index < -0.39 is 6.04 Å². The summed E-state index contributed by atoms with van der Waals surface area (Å²) in [7, 11) is 3.38. The molecular formula is C10H22N2O2. The normalized spacial score (nSPS) is 15.4. The van der Waals surface area contributed by atoms with Crippen molar-refractivity contribution in [1.82, 2.24) is 4.90 Å². The second-order valence-electron chi connectivity index (χ2n) is 4.02. The molecule has 0 aliphatic heterocycles. The quantitative estimate of drug-likeness (QED) is 0.705. The third kappa shape index (κ3) is 3.64. The molecule has 0 aliphatic carbocycles. The summed E-state index contributed by atoms with van der Waals surface area (Å²) in [5.74, 6) is 0.143. The molecule has 2 N–H and O–H groups in total. The number of nitrogens with zero attached hydrogens (tertiary/aromatic N) is 1. The first-order valence-electron chi connectivity index (χ1n) is 4.93. The summed E-state index contributed by atoms with van der Waals surface area (Å²) in [5.41, 5.74) is 5.76. The first-order valence-corrected chi connectivity index (χ1v) is 4.93. The van der Waals surface area contributed by atoms with Gasteiger partial charge in [-0.1, -0.05) is 13.8 Å². The number of amides is 1. The Morgan fingerprint density at radius 1 is 1.43 bits per heavy atom. The van der Waals surface area contributed by atoms with Gasteiger partial charge in [-0.3, -0.25) is 4.79 Å². The third-order valence-corrected chi connectivity index (χ3v) is 2.42. The van der Waals surface area contributed by atoms with Crippen LogP contribution in [0.2, 0.25) is 0 Å². The Morgan fingerprint density at radius 2 is 1.93 bits per heavy atom. The molecule has 1 unspecified atom stereocenters. The number of carbonyl (C=O) groups excluding carboxylic acids is 1. The smallest absolute Gasteiger partial charge is 0.239 e. The van der Waals surface area contributed by atoms with E-state index in [9.17, 15) is 4.79 Å². The number of likely N-dealkylation sites (N-methyl/N-ethyl adjacent to an activating group) is 1. The molecule has 0 heterocycles. The fourth-order valence-electron chi connectivity index (χ4n) is 1.09. The molecule has 1 amide bonds. The lowest BCUT2D eigenvalue weighted by Crippen LogP contribution is -2.49. The van der Waals surface area contributed by atoms with Crippen molar-refractivity contribution in [2.45, 2.75) is 32.9 Å². The van der Waals surface area contributed by atoms with Crippen molar-refractivity contribution in [3.8, 4) is 0 Å². The molecule has 4 heteroatoms. The molecule has 0 spiro atoms. The molecule has 0 aromatic rings. The average Bonchev–Trinajstić information content (AvgIpc) is 2.14. The van der Waals surface area contributed by atoms with Gasteiger partial charge in [0.1, 0.15) is 0 Å². The summed E-state index contributed by atoms with van der Waals surface area (Å²) in [5, 5.41) is 0. The molecular weight excluding hydrogens is 180 g/mol. The summed E-state index contributed by atoms with van der Waals surface area (Å²) in [6, 6.07) is -0.350. The molecule has 0 bridgehead atoms. The number of ether oxygens (including phenoxy) is 1. The molecule has 0 fully saturated rings. The predicted molar refractivity (Wildman–Crippen MR) is 56.9 cm³/mol. The highest BCUT2D eigenvalue weighted by Gasteiger charge is 2.23. The second-order valence-corrected chi connectivity index (χ2v) is 4.02. The summed E-state index contributed by atoms with van der Waals surface area (Å²) < 4.78 is 4.98. The fourth-order valence-corrected chi connectivity index (χ4v) is 1.09. The maximum absolute atomic E-state index is 11.7. The minimum absolute atomic E-state index is 0.0236. The Balaban J connectivity index is 4.23. The molecule has 84 valence electrons. The SMILES string of the molecule is COCC(C)N(C)C(=O)[C@H](N)C(C)C. The van der Waals surface area contributed by atoms with E-state index in [1.165, 1.54) is 0 Å². The largest absolute Gasteiger partial charge is 0.383 e. The van der Waals surface area contributed by atoms with Crippen LogP contribution in [-0.4, -0.2) is 43.7 Å². The van der Waals surface area contributed by atoms with Crippen molar-refractivity contribution in [1.29, 1.82) is 0 Å². The highest BCUT2D eigenvalue weighted by atomic mass is 16.5. The van der Waals surface area contributed by atoms with Crippen molar-refractivity contribution in [3.63, 3.8) is 0 Å². The lowest BCUT2D eigenvalue weighted by atomic mass is 10.0. The van der Waals surface area contributed by atoms with E-state index in [1.807, 2.05) is 20.8 Å². The van der Waals surface area contributed by atoms with Crippen LogP contribution in [-0.2, 0) is 9.53 Å². The average molecular weight is 202 g/mol. The summed E-state index contributed by atoms with van der Waals surface area (Å²) >= 11 is 0. The van der Waals surface area contributed by atoms with Gasteiger partial charge in [-0.25, -0.2) is 0 Å². The highest BCUT2D eigenvalue weighted by Crippen LogP contribution is 2.05. The van der Waals surface area contributed by atoms with Gasteiger partial charge in [-0.2, -0.15) is 0 Å². The van der Waals surface area contributed by atoms with Gasteiger partial charge < -0.3 is 15.4 Å². The van der Waals surface area contributed by atoms with E-state index in [0.717, 1.165) is 0 Å². The Kier molecular flexibility index (Phi) is 5.72. The van der Waals surface area contributed by atoms with Crippen LogP contribution in [0.25, 0.3) is 0 Å². The number of nitrogens with two attached hydrogens (primary N) is 1. The Labute approximate surface area is 86.4 Å². The first-order chi connectivity index (χ1) is 6.41. The van der Waals surface area contributed by atoms with E-state index in [2.05, 4.69) is 0 Å². The standard InChI is InChI=1S/C10H22N2O2/c1-7(2)9(11)10(13)12(4)8(3)6-14-5/h7-9H,6,11H2,1-5H3/t8?,9-/m1/s1. The lowest BCUT2D eigenvalue weighted by molar-refractivity contribution is -0.134. The van der Waals surface area contributed by atoms with E-state index in [1.54, 1.807) is 19.1 Å². The molecule has 0 saturated heterocycles. The maximum Gasteiger partial charge on any atom is 0.239 e. The lowest BCUT2D eigenvalue weighted by Gasteiger charge is -2.28. The second kappa shape index (κ2) is 5.98. The predicted octanol–water partition coefficient (Wildman–Crippen LogP) is 0.463. The minimum Gasteiger partial charge on any atom is -0.383 e. The van der Waals surface area contributed by atoms with Crippen LogP contribution in [0.15, 0.2) is 0 Å². The molecule has 0 aliphatic rings. The van der Waals surface area contributed by atoms with Gasteiger partial charge in [-0.15, -0.1) is 0 Å². The molecule has 2 atom stereocenters. The zero-order chi connectivity index (χ0) is 11.3. The fraction of sp³-hybridized carbons (Fsp3) is 0.900. The topological polar surface area (TPSA) is 55.6 Å². The monoisotopic (exact) mass is 202 g/mol. The van der Waals surface area contributed by atoms with E-state index in [4.69, 9.17) is 10.5 Å². The van der Waals surface area contributed by atoms with E-state index in [-0.39, 0.29) is 17.9 Å². The van der Waals surface area contributed by atoms with Crippen molar-refractivity contribution >= 4 is 5.91 Å². The van der Waals surface area contributed by atoms with Gasteiger partial charge in [-0.05, 0) is 12.8 Å². The highest BCUT2D eigenvalue weighted by molar-refractivity contribution is 5.81. The Morgan fingerprint density at radius 3 is 2.29 bits per heavy atom. The molecule has 0 saturated carbocycles. The van der Waals surface area contributed by atoms with Gasteiger partial charge in [0, 0.05) is 14.2 Å². The van der Waals surface area contributed by atoms with E-state index in [0.29, 0.717) is 6.61 Å². The molecule has 0 aromatic carbocycles. The Hall–Kier alpha value is -0.610. The van der Waals surface area contributed by atoms with Crippen LogP contribution in [0.3, 0.4) is 0 Å². The minimum atomic E-state index is -0.417. The van der Waals surface area contributed by atoms with Gasteiger partial charge in [0.15, 0.2) is 0 Å². The Bertz CT molecular complexity index is 183. The zero-order valence-electron chi connectivity index (χ0n) is 9.78. The van der Waals surface area contributed by atoms with Gasteiger partial charge in [0.25, 0.3) is 0 Å². The van der Waals surface area contributed by atoms with Crippen molar-refractivity contribution in [3.05, 3.63) is 0 Å². The number of methoxy groups -OCH3 is 1. The summed E-state index contributed by atoms with van der Waals surface area (Å²) in [4.78, 5) is 13.4. The third-order valence-electron chi connectivity index (χ3n) is 2.42. The van der Waals surface area contributed by atoms with Crippen molar-refractivity contribution in [2.75, 3.05) is 20.8 Å². The van der Waals surface area contributed by atoms with E-state index >= 15 is 0 Å². The van der Waals surface area contributed by atoms with Crippen molar-refractivity contribution in [2.24, 2.45) is 11.7 Å². The van der Waals surface area contributed by atoms with Gasteiger partial charge in [0.05, 0.1) is 18.7 Å². The number of carbonyl (C=O) groups is 1. The van der Waals surface area contributed by atoms with Crippen LogP contribution >= 0.6 is 0 Å². The van der Waals surface area contributed by atoms with Crippen LogP contribution in [0.1, 0.15) is 20.8 Å². The van der Waals surface area contributed by atoms with Crippen LogP contribution in [0.4, 0.5) is 0 Å². The molecule has 0 radical (unpaired) electrons. The molecule has 0 aromatic heterocycles. The molecule has 4 nitrogen and oxygen atoms in total. The summed E-state index contributed by atoms with van der Waals surface area (Å²) in [6.45, 7) is 6.36. The van der Waals surface area contributed by atoms with Gasteiger partial charge >= 0.3 is 0 Å². The van der Waals surface area contributed by atoms with Crippen LogP contribution < -0.4 is 5.73 Å². The number of rotatable bonds is 5. The summed E-state index contributed by atoms with van der Waals surface area (Å²) in [6.07, 6.45) is 0. The first kappa shape index (κ1) is 13.4. The molecule has 14 heavy (non-hydrogen) atoms. The zero-order valence-corrected chi connectivity index (χ0v) is 9.78. The molecule has 0 rings (SSSR count). The number of hydrogen-bond donors (Lipinski definition) is 1. The van der Waals surface area contributed by atoms with Crippen LogP contribution in [0, 0.1) is 5.92 Å².